The van der Waals surface area contributed by atoms with Crippen molar-refractivity contribution in [2.75, 3.05) is 0 Å². The molecule has 2 aromatic rings. The number of carbonyl (C=O) groups excluding carboxylic acids is 1. The Kier molecular flexibility index (Phi) is 6.68. The number of carbonyl (C=O) groups is 1. The Balaban J connectivity index is 1.66. The molecule has 0 bridgehead atoms. The molecule has 8 nitrogen and oxygen atoms in total. The number of alkyl halides is 2. The minimum atomic E-state index is -3.15. The van der Waals surface area contributed by atoms with E-state index in [-0.39, 0.29) is 5.69 Å². The molecule has 10 heteroatoms. The number of primary amides is 1. The second kappa shape index (κ2) is 9.41. The first kappa shape index (κ1) is 24.9. The number of pyridine rings is 2. The van der Waals surface area contributed by atoms with Gasteiger partial charge in [-0.1, -0.05) is 19.1 Å². The van der Waals surface area contributed by atoms with Crippen molar-refractivity contribution in [1.29, 1.82) is 5.26 Å². The van der Waals surface area contributed by atoms with E-state index in [4.69, 9.17) is 10.5 Å². The quantitative estimate of drug-likeness (QED) is 0.595. The molecule has 2 aromatic heterocycles. The van der Waals surface area contributed by atoms with E-state index in [0.29, 0.717) is 16.8 Å². The molecule has 4 rings (SSSR count). The van der Waals surface area contributed by atoms with Gasteiger partial charge in [-0.15, -0.1) is 0 Å². The van der Waals surface area contributed by atoms with Gasteiger partial charge in [0.25, 0.3) is 5.92 Å². The number of nitrogens with zero attached hydrogens (tertiary/aromatic N) is 3. The zero-order valence-electron chi connectivity index (χ0n) is 19.4. The number of aromatic nitrogens is 2. The number of aliphatic hydroxyl groups is 1. The van der Waals surface area contributed by atoms with Crippen molar-refractivity contribution < 1.29 is 23.4 Å². The van der Waals surface area contributed by atoms with Crippen molar-refractivity contribution in [2.24, 2.45) is 23.5 Å². The van der Waals surface area contributed by atoms with Crippen molar-refractivity contribution in [2.45, 2.75) is 50.7 Å². The number of nitriles is 1. The molecule has 2 aliphatic rings. The second-order valence-corrected chi connectivity index (χ2v) is 9.31. The summed E-state index contributed by atoms with van der Waals surface area (Å²) in [5, 5.41) is 22.2. The molecule has 4 N–H and O–H groups in total. The molecule has 1 saturated carbocycles. The van der Waals surface area contributed by atoms with Gasteiger partial charge >= 0.3 is 0 Å². The van der Waals surface area contributed by atoms with E-state index in [1.54, 1.807) is 49.5 Å². The molecule has 1 unspecified atom stereocenters. The molecule has 0 aromatic carbocycles. The fourth-order valence-electron chi connectivity index (χ4n) is 5.52. The van der Waals surface area contributed by atoms with Crippen molar-refractivity contribution in [1.82, 2.24) is 15.3 Å². The van der Waals surface area contributed by atoms with Gasteiger partial charge in [0.15, 0.2) is 0 Å². The third kappa shape index (κ3) is 4.80. The number of aliphatic hydroxyl groups excluding tert-OH is 1. The standard InChI is InChI=1S/C25H27F2N5O3/c1-14-18(8-7-17-6-5-16(12-31-17)19-4-3-9-30-20(19)11-28)22-15(2)32-23(34)35-24(22,10-21(29)33)13-25(14,26)27/h3-9,12,14-15,18,22-23,32,34H,10,13H2,1-2H3,(H2,29,33)/b8-7+/t14-,15+,18-,22-,23?,24+/m0/s1. The van der Waals surface area contributed by atoms with Crippen LogP contribution in [0.1, 0.15) is 38.1 Å². The van der Waals surface area contributed by atoms with Gasteiger partial charge in [0, 0.05) is 47.8 Å². The van der Waals surface area contributed by atoms with E-state index >= 15 is 8.78 Å². The summed E-state index contributed by atoms with van der Waals surface area (Å²) in [6.45, 7) is 3.25. The van der Waals surface area contributed by atoms with Gasteiger partial charge in [0.05, 0.1) is 17.7 Å². The third-order valence-corrected chi connectivity index (χ3v) is 7.06. The summed E-state index contributed by atoms with van der Waals surface area (Å²) in [7, 11) is 0. The van der Waals surface area contributed by atoms with Crippen molar-refractivity contribution in [3.05, 3.63) is 54.1 Å². The maximum absolute atomic E-state index is 15.2. The molecular formula is C25H27F2N5O3. The van der Waals surface area contributed by atoms with Crippen LogP contribution in [0.5, 0.6) is 0 Å². The summed E-state index contributed by atoms with van der Waals surface area (Å²) in [4.78, 5) is 20.3. The first-order valence-corrected chi connectivity index (χ1v) is 11.3. The van der Waals surface area contributed by atoms with Crippen LogP contribution in [0.4, 0.5) is 8.78 Å². The average Bonchev–Trinajstić information content (AvgIpc) is 2.79. The van der Waals surface area contributed by atoms with E-state index < -0.39 is 60.5 Å². The summed E-state index contributed by atoms with van der Waals surface area (Å²) < 4.78 is 36.0. The lowest BCUT2D eigenvalue weighted by Crippen LogP contribution is -2.69. The maximum atomic E-state index is 15.2. The molecule has 3 heterocycles. The highest BCUT2D eigenvalue weighted by Crippen LogP contribution is 2.55. The number of amides is 1. The molecule has 0 spiro atoms. The van der Waals surface area contributed by atoms with Gasteiger partial charge < -0.3 is 15.6 Å². The number of allylic oxidation sites excluding steroid dienone is 1. The fourth-order valence-corrected chi connectivity index (χ4v) is 5.52. The van der Waals surface area contributed by atoms with E-state index in [9.17, 15) is 15.2 Å². The molecule has 1 aliphatic carbocycles. The van der Waals surface area contributed by atoms with Crippen LogP contribution >= 0.6 is 0 Å². The minimum absolute atomic E-state index is 0.280. The minimum Gasteiger partial charge on any atom is -0.370 e. The zero-order valence-corrected chi connectivity index (χ0v) is 19.4. The van der Waals surface area contributed by atoms with Gasteiger partial charge in [-0.2, -0.15) is 5.26 Å². The average molecular weight is 484 g/mol. The Hall–Kier alpha value is -3.26. The largest absolute Gasteiger partial charge is 0.370 e. The monoisotopic (exact) mass is 483 g/mol. The molecule has 1 amide bonds. The smallest absolute Gasteiger partial charge is 0.254 e. The van der Waals surface area contributed by atoms with E-state index in [1.807, 2.05) is 6.07 Å². The molecular weight excluding hydrogens is 456 g/mol. The summed E-state index contributed by atoms with van der Waals surface area (Å²) in [5.41, 5.74) is 5.98. The van der Waals surface area contributed by atoms with Crippen LogP contribution in [-0.2, 0) is 9.53 Å². The van der Waals surface area contributed by atoms with Gasteiger partial charge in [-0.25, -0.2) is 13.8 Å². The predicted molar refractivity (Wildman–Crippen MR) is 123 cm³/mol. The van der Waals surface area contributed by atoms with E-state index in [0.717, 1.165) is 0 Å². The van der Waals surface area contributed by atoms with Crippen LogP contribution in [-0.4, -0.2) is 45.0 Å². The maximum Gasteiger partial charge on any atom is 0.254 e. The lowest BCUT2D eigenvalue weighted by atomic mass is 9.58. The van der Waals surface area contributed by atoms with Crippen LogP contribution in [0.2, 0.25) is 0 Å². The Morgan fingerprint density at radius 3 is 2.80 bits per heavy atom. The fraction of sp³-hybridized carbons (Fsp3) is 0.440. The number of hydrogen-bond donors (Lipinski definition) is 3. The van der Waals surface area contributed by atoms with Gasteiger partial charge in [0.2, 0.25) is 12.3 Å². The molecule has 35 heavy (non-hydrogen) atoms. The number of nitrogens with two attached hydrogens (primary N) is 1. The topological polar surface area (TPSA) is 134 Å². The number of nitrogens with one attached hydrogen (secondary N) is 1. The number of rotatable bonds is 5. The highest BCUT2D eigenvalue weighted by atomic mass is 19.3. The Bertz CT molecular complexity index is 1170. The van der Waals surface area contributed by atoms with Crippen LogP contribution in [0.15, 0.2) is 42.7 Å². The normalized spacial score (nSPS) is 32.1. The summed E-state index contributed by atoms with van der Waals surface area (Å²) in [6.07, 6.45) is 3.86. The summed E-state index contributed by atoms with van der Waals surface area (Å²) in [6, 6.07) is 8.64. The zero-order chi connectivity index (χ0) is 25.4. The Labute approximate surface area is 201 Å². The first-order chi connectivity index (χ1) is 16.6. The van der Waals surface area contributed by atoms with Crippen LogP contribution in [0.3, 0.4) is 0 Å². The second-order valence-electron chi connectivity index (χ2n) is 9.31. The Morgan fingerprint density at radius 1 is 1.37 bits per heavy atom. The van der Waals surface area contributed by atoms with Crippen molar-refractivity contribution in [3.63, 3.8) is 0 Å². The molecule has 0 radical (unpaired) electrons. The Morgan fingerprint density at radius 2 is 2.14 bits per heavy atom. The lowest BCUT2D eigenvalue weighted by Gasteiger charge is -2.57. The third-order valence-electron chi connectivity index (χ3n) is 7.06. The number of halogens is 2. The van der Waals surface area contributed by atoms with Crippen LogP contribution in [0, 0.1) is 29.1 Å². The summed E-state index contributed by atoms with van der Waals surface area (Å²) in [5.74, 6) is -6.21. The number of ether oxygens (including phenoxy) is 1. The van der Waals surface area contributed by atoms with Gasteiger partial charge in [-0.3, -0.25) is 15.1 Å². The van der Waals surface area contributed by atoms with Gasteiger partial charge in [-0.05, 0) is 37.1 Å². The van der Waals surface area contributed by atoms with Gasteiger partial charge in [0.1, 0.15) is 11.8 Å². The highest BCUT2D eigenvalue weighted by molar-refractivity contribution is 5.75. The van der Waals surface area contributed by atoms with Crippen molar-refractivity contribution >= 4 is 12.0 Å². The molecule has 1 aliphatic heterocycles. The van der Waals surface area contributed by atoms with Crippen molar-refractivity contribution in [3.8, 4) is 17.2 Å². The molecule has 184 valence electrons. The SMILES string of the molecule is C[C@H]1NC(O)O[C@]2(CC(N)=O)CC(F)(F)[C@@H](C)[C@H](/C=C/c3ccc(-c4cccnc4C#N)cn3)[C@H]12. The summed E-state index contributed by atoms with van der Waals surface area (Å²) >= 11 is 0. The number of hydrogen-bond acceptors (Lipinski definition) is 7. The number of fused-ring (bicyclic) bond motifs is 1. The lowest BCUT2D eigenvalue weighted by molar-refractivity contribution is -0.306. The predicted octanol–water partition coefficient (Wildman–Crippen LogP) is 2.83. The highest BCUT2D eigenvalue weighted by Gasteiger charge is 2.63. The van der Waals surface area contributed by atoms with Crippen LogP contribution < -0.4 is 11.1 Å². The first-order valence-electron chi connectivity index (χ1n) is 11.3. The van der Waals surface area contributed by atoms with E-state index in [1.165, 1.54) is 13.1 Å². The molecule has 2 fully saturated rings. The molecule has 6 atom stereocenters. The van der Waals surface area contributed by atoms with E-state index in [2.05, 4.69) is 15.3 Å². The molecule has 1 saturated heterocycles. The van der Waals surface area contributed by atoms with Crippen LogP contribution in [0.25, 0.3) is 17.2 Å².